The van der Waals surface area contributed by atoms with Crippen LogP contribution in [0.2, 0.25) is 16.6 Å². The standard InChI is InChI=1S/C29H44N2OSi/c1-9-21-16-31-27-15-24-22-12-10-11-13-26(22)30(8)29(24)28(31)14-23(21)25(27)17-32-33(18(2)3,19(4)5)20(6)7/h9-13,18-20,23,25,27-28H,14-17H2,1-8H3/b21-9-/t23-,25-,27-,28-/m1/s1. The van der Waals surface area contributed by atoms with Gasteiger partial charge in [0, 0.05) is 48.8 Å². The zero-order valence-corrected chi connectivity index (χ0v) is 23.1. The van der Waals surface area contributed by atoms with Gasteiger partial charge in [0.25, 0.3) is 0 Å². The second-order valence-electron chi connectivity index (χ2n) is 11.9. The van der Waals surface area contributed by atoms with E-state index in [1.807, 2.05) is 0 Å². The molecule has 5 heterocycles. The summed E-state index contributed by atoms with van der Waals surface area (Å²) in [5.74, 6) is 1.27. The van der Waals surface area contributed by atoms with Gasteiger partial charge in [-0.15, -0.1) is 0 Å². The number of hydrogen-bond donors (Lipinski definition) is 0. The van der Waals surface area contributed by atoms with Gasteiger partial charge in [-0.05, 0) is 53.9 Å². The molecule has 0 amide bonds. The quantitative estimate of drug-likeness (QED) is 0.331. The average molecular weight is 465 g/mol. The molecule has 6 rings (SSSR count). The molecule has 4 aliphatic rings. The van der Waals surface area contributed by atoms with Crippen molar-refractivity contribution < 1.29 is 4.43 Å². The molecule has 2 aromatic rings. The van der Waals surface area contributed by atoms with Crippen molar-refractivity contribution in [2.24, 2.45) is 18.9 Å². The predicted molar refractivity (Wildman–Crippen MR) is 142 cm³/mol. The molecule has 1 aromatic heterocycles. The van der Waals surface area contributed by atoms with Crippen LogP contribution in [0.4, 0.5) is 0 Å². The molecule has 0 spiro atoms. The number of nitrogens with zero attached hydrogens (tertiary/aromatic N) is 2. The zero-order chi connectivity index (χ0) is 23.7. The summed E-state index contributed by atoms with van der Waals surface area (Å²) in [5.41, 5.74) is 8.19. The van der Waals surface area contributed by atoms with Gasteiger partial charge in [-0.25, -0.2) is 0 Å². The van der Waals surface area contributed by atoms with Gasteiger partial charge in [-0.3, -0.25) is 4.90 Å². The molecule has 4 heteroatoms. The SMILES string of the molecule is C/C=C1/CN2[C@@H]3C[C@H]1[C@@H](CO[Si](C(C)C)(C(C)C)C(C)C)[C@H]2Cc1c3n(C)c2ccccc12. The van der Waals surface area contributed by atoms with Crippen molar-refractivity contribution in [2.75, 3.05) is 13.2 Å². The van der Waals surface area contributed by atoms with E-state index in [1.54, 1.807) is 16.8 Å². The third-order valence-electron chi connectivity index (χ3n) is 9.75. The van der Waals surface area contributed by atoms with Crippen LogP contribution in [0, 0.1) is 11.8 Å². The van der Waals surface area contributed by atoms with Crippen LogP contribution in [-0.2, 0) is 17.9 Å². The van der Waals surface area contributed by atoms with E-state index in [2.05, 4.69) is 95.3 Å². The summed E-state index contributed by atoms with van der Waals surface area (Å²) in [5, 5.41) is 1.48. The van der Waals surface area contributed by atoms with Gasteiger partial charge in [0.1, 0.15) is 0 Å². The normalized spacial score (nSPS) is 30.3. The Bertz CT molecular complexity index is 1040. The minimum atomic E-state index is -1.87. The number of benzene rings is 1. The Labute approximate surface area is 202 Å². The largest absolute Gasteiger partial charge is 0.416 e. The Balaban J connectivity index is 1.53. The van der Waals surface area contributed by atoms with Gasteiger partial charge in [0.15, 0.2) is 8.32 Å². The highest BCUT2D eigenvalue weighted by atomic mass is 28.4. The number of fused-ring (bicyclic) bond motifs is 4. The Morgan fingerprint density at radius 2 is 1.73 bits per heavy atom. The fourth-order valence-corrected chi connectivity index (χ4v) is 13.9. The number of para-hydroxylation sites is 1. The molecule has 33 heavy (non-hydrogen) atoms. The van der Waals surface area contributed by atoms with Crippen LogP contribution in [0.1, 0.15) is 72.2 Å². The van der Waals surface area contributed by atoms with Crippen molar-refractivity contribution >= 4 is 19.2 Å². The lowest BCUT2D eigenvalue weighted by Crippen LogP contribution is -2.62. The molecule has 0 aliphatic carbocycles. The highest BCUT2D eigenvalue weighted by Crippen LogP contribution is 2.55. The lowest BCUT2D eigenvalue weighted by molar-refractivity contribution is -0.0498. The van der Waals surface area contributed by atoms with Crippen molar-refractivity contribution in [1.29, 1.82) is 0 Å². The molecule has 5 atom stereocenters. The lowest BCUT2D eigenvalue weighted by atomic mass is 9.64. The molecule has 0 N–H and O–H groups in total. The molecule has 3 saturated heterocycles. The Morgan fingerprint density at radius 1 is 1.06 bits per heavy atom. The molecule has 180 valence electrons. The number of allylic oxidation sites excluding steroid dienone is 1. The van der Waals surface area contributed by atoms with Crippen LogP contribution in [0.3, 0.4) is 0 Å². The second kappa shape index (κ2) is 8.39. The summed E-state index contributed by atoms with van der Waals surface area (Å²) < 4.78 is 9.75. The zero-order valence-electron chi connectivity index (χ0n) is 22.1. The summed E-state index contributed by atoms with van der Waals surface area (Å²) in [7, 11) is 0.422. The van der Waals surface area contributed by atoms with Gasteiger partial charge < -0.3 is 8.99 Å². The van der Waals surface area contributed by atoms with Crippen LogP contribution < -0.4 is 0 Å². The van der Waals surface area contributed by atoms with E-state index < -0.39 is 8.32 Å². The minimum absolute atomic E-state index is 0.559. The monoisotopic (exact) mass is 464 g/mol. The molecular formula is C29H44N2OSi. The molecular weight excluding hydrogens is 420 g/mol. The minimum Gasteiger partial charge on any atom is -0.416 e. The third kappa shape index (κ3) is 3.27. The van der Waals surface area contributed by atoms with Crippen molar-refractivity contribution in [1.82, 2.24) is 9.47 Å². The van der Waals surface area contributed by atoms with Crippen molar-refractivity contribution in [3.8, 4) is 0 Å². The smallest absolute Gasteiger partial charge is 0.200 e. The average Bonchev–Trinajstić information content (AvgIpc) is 3.06. The third-order valence-corrected chi connectivity index (χ3v) is 15.8. The number of hydrogen-bond acceptors (Lipinski definition) is 2. The molecule has 0 radical (unpaired) electrons. The molecule has 4 bridgehead atoms. The summed E-state index contributed by atoms with van der Waals surface area (Å²) in [4.78, 5) is 2.86. The summed E-state index contributed by atoms with van der Waals surface area (Å²) in [6, 6.07) is 10.2. The van der Waals surface area contributed by atoms with Crippen LogP contribution in [0.15, 0.2) is 35.9 Å². The number of aryl methyl sites for hydroxylation is 1. The second-order valence-corrected chi connectivity index (χ2v) is 17.4. The van der Waals surface area contributed by atoms with Crippen molar-refractivity contribution in [3.63, 3.8) is 0 Å². The van der Waals surface area contributed by atoms with E-state index in [-0.39, 0.29) is 0 Å². The van der Waals surface area contributed by atoms with Crippen LogP contribution >= 0.6 is 0 Å². The maximum atomic E-state index is 7.25. The van der Waals surface area contributed by atoms with Gasteiger partial charge >= 0.3 is 0 Å². The maximum Gasteiger partial charge on any atom is 0.200 e. The Kier molecular flexibility index (Phi) is 5.94. The van der Waals surface area contributed by atoms with Crippen LogP contribution in [-0.4, -0.2) is 37.0 Å². The van der Waals surface area contributed by atoms with Gasteiger partial charge in [-0.2, -0.15) is 0 Å². The van der Waals surface area contributed by atoms with Crippen LogP contribution in [0.25, 0.3) is 10.9 Å². The topological polar surface area (TPSA) is 17.4 Å². The fourth-order valence-electron chi connectivity index (χ4n) is 8.43. The van der Waals surface area contributed by atoms with E-state index in [1.165, 1.54) is 23.7 Å². The fraction of sp³-hybridized carbons (Fsp3) is 0.655. The summed E-state index contributed by atoms with van der Waals surface area (Å²) in [6.07, 6.45) is 4.84. The summed E-state index contributed by atoms with van der Waals surface area (Å²) in [6.45, 7) is 18.8. The van der Waals surface area contributed by atoms with E-state index in [9.17, 15) is 0 Å². The highest BCUT2D eigenvalue weighted by molar-refractivity contribution is 6.77. The lowest BCUT2D eigenvalue weighted by Gasteiger charge is -2.59. The number of piperidine rings is 3. The number of rotatable bonds is 6. The Morgan fingerprint density at radius 3 is 2.36 bits per heavy atom. The molecule has 0 saturated carbocycles. The highest BCUT2D eigenvalue weighted by Gasteiger charge is 2.54. The van der Waals surface area contributed by atoms with Gasteiger partial charge in [-0.1, -0.05) is 71.4 Å². The maximum absolute atomic E-state index is 7.25. The molecule has 1 unspecified atom stereocenters. The molecule has 4 aliphatic heterocycles. The molecule has 1 aromatic carbocycles. The number of aromatic nitrogens is 1. The molecule has 3 nitrogen and oxygen atoms in total. The first-order valence-electron chi connectivity index (χ1n) is 13.3. The van der Waals surface area contributed by atoms with E-state index >= 15 is 0 Å². The van der Waals surface area contributed by atoms with Crippen molar-refractivity contribution in [3.05, 3.63) is 47.2 Å². The Hall–Kier alpha value is -1.36. The first-order chi connectivity index (χ1) is 15.7. The van der Waals surface area contributed by atoms with Gasteiger partial charge in [0.2, 0.25) is 0 Å². The van der Waals surface area contributed by atoms with Crippen LogP contribution in [0.5, 0.6) is 0 Å². The van der Waals surface area contributed by atoms with E-state index in [4.69, 9.17) is 4.43 Å². The first-order valence-corrected chi connectivity index (χ1v) is 15.5. The first kappa shape index (κ1) is 23.4. The van der Waals surface area contributed by atoms with E-state index in [0.717, 1.165) is 13.2 Å². The van der Waals surface area contributed by atoms with Gasteiger partial charge in [0.05, 0.1) is 6.04 Å². The summed E-state index contributed by atoms with van der Waals surface area (Å²) >= 11 is 0. The van der Waals surface area contributed by atoms with E-state index in [0.29, 0.717) is 40.5 Å². The molecule has 3 fully saturated rings. The van der Waals surface area contributed by atoms with Crippen molar-refractivity contribution in [2.45, 2.75) is 90.0 Å². The predicted octanol–water partition coefficient (Wildman–Crippen LogP) is 7.23.